The van der Waals surface area contributed by atoms with Gasteiger partial charge in [0.1, 0.15) is 12.3 Å². The van der Waals surface area contributed by atoms with Crippen LogP contribution in [0.3, 0.4) is 0 Å². The molecule has 3 aromatic carbocycles. The van der Waals surface area contributed by atoms with Gasteiger partial charge in [0.05, 0.1) is 19.2 Å². The van der Waals surface area contributed by atoms with Gasteiger partial charge < -0.3 is 9.64 Å². The number of hydrogen-bond acceptors (Lipinski definition) is 4. The lowest BCUT2D eigenvalue weighted by molar-refractivity contribution is -0.135. The fourth-order valence-corrected chi connectivity index (χ4v) is 4.19. The van der Waals surface area contributed by atoms with Gasteiger partial charge in [-0.25, -0.2) is 4.98 Å². The molecule has 196 valence electrons. The van der Waals surface area contributed by atoms with Gasteiger partial charge >= 0.3 is 0 Å². The summed E-state index contributed by atoms with van der Waals surface area (Å²) in [4.78, 5) is 32.6. The molecule has 0 spiro atoms. The van der Waals surface area contributed by atoms with Gasteiger partial charge in [0.15, 0.2) is 0 Å². The van der Waals surface area contributed by atoms with Gasteiger partial charge in [-0.05, 0) is 80.8 Å². The fraction of sp³-hybridized carbons (Fsp3) is 0.258. The maximum Gasteiger partial charge on any atom is 0.246 e. The molecule has 0 atom stereocenters. The Morgan fingerprint density at radius 2 is 1.68 bits per heavy atom. The van der Waals surface area contributed by atoms with Gasteiger partial charge in [0, 0.05) is 23.5 Å². The first-order chi connectivity index (χ1) is 18.2. The third kappa shape index (κ3) is 6.29. The van der Waals surface area contributed by atoms with Gasteiger partial charge in [-0.1, -0.05) is 36.4 Å². The maximum absolute atomic E-state index is 13.2. The van der Waals surface area contributed by atoms with E-state index in [4.69, 9.17) is 9.72 Å². The number of methoxy groups -OCH3 is 1. The van der Waals surface area contributed by atoms with Crippen LogP contribution in [-0.2, 0) is 16.0 Å². The van der Waals surface area contributed by atoms with Crippen molar-refractivity contribution in [1.82, 2.24) is 14.5 Å². The first kappa shape index (κ1) is 26.7. The Balaban J connectivity index is 1.60. The Hall–Kier alpha value is -4.39. The summed E-state index contributed by atoms with van der Waals surface area (Å²) in [6.07, 6.45) is 2.15. The Bertz CT molecular complexity index is 1410. The number of carbonyl (C=O) groups is 2. The molecule has 0 aliphatic heterocycles. The van der Waals surface area contributed by atoms with Crippen LogP contribution in [0.2, 0.25) is 0 Å². The van der Waals surface area contributed by atoms with Crippen LogP contribution in [0.4, 0.5) is 5.95 Å². The molecule has 0 unspecified atom stereocenters. The number of carbonyl (C=O) groups excluding carboxylic acids is 2. The largest absolute Gasteiger partial charge is 0.497 e. The second-order valence-corrected chi connectivity index (χ2v) is 9.64. The summed E-state index contributed by atoms with van der Waals surface area (Å²) in [5.41, 5.74) is 5.72. The minimum absolute atomic E-state index is 0.0685. The average Bonchev–Trinajstić information content (AvgIpc) is 3.32. The lowest BCUT2D eigenvalue weighted by atomic mass is 10.1. The van der Waals surface area contributed by atoms with Crippen molar-refractivity contribution >= 4 is 17.8 Å². The van der Waals surface area contributed by atoms with E-state index >= 15 is 0 Å². The highest BCUT2D eigenvalue weighted by atomic mass is 16.5. The van der Waals surface area contributed by atoms with Crippen LogP contribution in [0.25, 0.3) is 16.9 Å². The van der Waals surface area contributed by atoms with E-state index in [0.29, 0.717) is 11.6 Å². The van der Waals surface area contributed by atoms with E-state index in [2.05, 4.69) is 25.2 Å². The lowest BCUT2D eigenvalue weighted by Crippen LogP contribution is -2.43. The first-order valence-electron chi connectivity index (χ1n) is 12.7. The second kappa shape index (κ2) is 11.8. The van der Waals surface area contributed by atoms with Crippen LogP contribution in [0.5, 0.6) is 5.75 Å². The molecule has 0 fully saturated rings. The van der Waals surface area contributed by atoms with E-state index in [9.17, 15) is 9.59 Å². The number of benzene rings is 3. The summed E-state index contributed by atoms with van der Waals surface area (Å²) in [6.45, 7) is 7.87. The number of hydrogen-bond donors (Lipinski definition) is 1. The van der Waals surface area contributed by atoms with Crippen molar-refractivity contribution in [3.63, 3.8) is 0 Å². The summed E-state index contributed by atoms with van der Waals surface area (Å²) in [5, 5.41) is 2.95. The number of nitrogens with one attached hydrogen (secondary N) is 1. The summed E-state index contributed by atoms with van der Waals surface area (Å²) in [5.74, 6) is 0.739. The molecule has 7 heteroatoms. The Labute approximate surface area is 224 Å². The molecule has 4 aromatic rings. The van der Waals surface area contributed by atoms with Gasteiger partial charge in [0.25, 0.3) is 0 Å². The van der Waals surface area contributed by atoms with Crippen molar-refractivity contribution in [2.45, 2.75) is 40.2 Å². The third-order valence-corrected chi connectivity index (χ3v) is 6.57. The monoisotopic (exact) mass is 510 g/mol. The van der Waals surface area contributed by atoms with E-state index in [1.165, 1.54) is 5.56 Å². The molecule has 2 amide bonds. The average molecular weight is 511 g/mol. The van der Waals surface area contributed by atoms with E-state index in [1.54, 1.807) is 12.0 Å². The van der Waals surface area contributed by atoms with Crippen molar-refractivity contribution in [3.05, 3.63) is 95.7 Å². The summed E-state index contributed by atoms with van der Waals surface area (Å²) < 4.78 is 7.15. The second-order valence-electron chi connectivity index (χ2n) is 9.64. The number of anilines is 1. The third-order valence-electron chi connectivity index (χ3n) is 6.57. The number of nitrogens with zero attached hydrogens (tertiary/aromatic N) is 3. The number of rotatable bonds is 9. The van der Waals surface area contributed by atoms with E-state index in [1.807, 2.05) is 91.3 Å². The van der Waals surface area contributed by atoms with Crippen LogP contribution in [0.1, 0.15) is 30.5 Å². The molecule has 1 aromatic heterocycles. The molecule has 4 rings (SSSR count). The zero-order chi connectivity index (χ0) is 27.2. The Kier molecular flexibility index (Phi) is 8.26. The molecule has 0 saturated heterocycles. The van der Waals surface area contributed by atoms with Gasteiger partial charge in [-0.2, -0.15) is 0 Å². The van der Waals surface area contributed by atoms with E-state index in [-0.39, 0.29) is 30.8 Å². The molecular formula is C31H34N4O3. The minimum atomic E-state index is -0.308. The number of aromatic nitrogens is 2. The zero-order valence-electron chi connectivity index (χ0n) is 22.6. The molecule has 0 aliphatic carbocycles. The smallest absolute Gasteiger partial charge is 0.246 e. The van der Waals surface area contributed by atoms with Crippen molar-refractivity contribution in [1.29, 1.82) is 0 Å². The molecular weight excluding hydrogens is 476 g/mol. The lowest BCUT2D eigenvalue weighted by Gasteiger charge is -2.26. The van der Waals surface area contributed by atoms with Crippen LogP contribution in [0, 0.1) is 13.8 Å². The summed E-state index contributed by atoms with van der Waals surface area (Å²) >= 11 is 0. The highest BCUT2D eigenvalue weighted by Gasteiger charge is 2.22. The standard InChI is InChI=1S/C31H34N4O3/c1-21(2)34(30(37)18-24-9-7-6-8-10-24)20-29(36)33-31-32-28(25-12-15-27(38-5)16-13-25)19-35(31)26-14-11-22(3)23(4)17-26/h6-17,19,21H,18,20H2,1-5H3,(H,32,33,36). The van der Waals surface area contributed by atoms with Crippen LogP contribution >= 0.6 is 0 Å². The predicted octanol–water partition coefficient (Wildman–Crippen LogP) is 5.58. The van der Waals surface area contributed by atoms with Crippen molar-refractivity contribution in [3.8, 4) is 22.7 Å². The normalized spacial score (nSPS) is 10.9. The zero-order valence-corrected chi connectivity index (χ0v) is 22.6. The molecule has 1 N–H and O–H groups in total. The fourth-order valence-electron chi connectivity index (χ4n) is 4.19. The predicted molar refractivity (Wildman–Crippen MR) is 151 cm³/mol. The molecule has 0 aliphatic rings. The number of imidazole rings is 1. The molecule has 0 bridgehead atoms. The number of aryl methyl sites for hydroxylation is 2. The van der Waals surface area contributed by atoms with Crippen LogP contribution in [0.15, 0.2) is 79.0 Å². The van der Waals surface area contributed by atoms with Crippen molar-refractivity contribution in [2.24, 2.45) is 0 Å². The van der Waals surface area contributed by atoms with Gasteiger partial charge in [-0.15, -0.1) is 0 Å². The van der Waals surface area contributed by atoms with Gasteiger partial charge in [-0.3, -0.25) is 19.5 Å². The van der Waals surface area contributed by atoms with Crippen molar-refractivity contribution in [2.75, 3.05) is 19.0 Å². The topological polar surface area (TPSA) is 76.5 Å². The quantitative estimate of drug-likeness (QED) is 0.319. The first-order valence-corrected chi connectivity index (χ1v) is 12.7. The highest BCUT2D eigenvalue weighted by molar-refractivity contribution is 5.94. The Morgan fingerprint density at radius 1 is 0.974 bits per heavy atom. The number of amides is 2. The maximum atomic E-state index is 13.2. The summed E-state index contributed by atoms with van der Waals surface area (Å²) in [7, 11) is 1.63. The van der Waals surface area contributed by atoms with Crippen LogP contribution in [-0.4, -0.2) is 46.0 Å². The molecule has 1 heterocycles. The van der Waals surface area contributed by atoms with E-state index in [0.717, 1.165) is 28.1 Å². The summed E-state index contributed by atoms with van der Waals surface area (Å²) in [6, 6.07) is 23.1. The van der Waals surface area contributed by atoms with E-state index < -0.39 is 0 Å². The molecule has 0 radical (unpaired) electrons. The van der Waals surface area contributed by atoms with Crippen molar-refractivity contribution < 1.29 is 14.3 Å². The SMILES string of the molecule is COc1ccc(-c2cn(-c3ccc(C)c(C)c3)c(NC(=O)CN(C(=O)Cc3ccccc3)C(C)C)n2)cc1. The van der Waals surface area contributed by atoms with Gasteiger partial charge in [0.2, 0.25) is 17.8 Å². The van der Waals surface area contributed by atoms with Crippen LogP contribution < -0.4 is 10.1 Å². The molecule has 0 saturated carbocycles. The highest BCUT2D eigenvalue weighted by Crippen LogP contribution is 2.27. The molecule has 7 nitrogen and oxygen atoms in total. The molecule has 38 heavy (non-hydrogen) atoms. The number of ether oxygens (including phenoxy) is 1. The minimum Gasteiger partial charge on any atom is -0.497 e. The Morgan fingerprint density at radius 3 is 2.32 bits per heavy atom.